The lowest BCUT2D eigenvalue weighted by Crippen LogP contribution is -2.15. The minimum Gasteiger partial charge on any atom is -0.465 e. The molecule has 0 saturated heterocycles. The normalized spacial score (nSPS) is 9.33. The highest BCUT2D eigenvalue weighted by Gasteiger charge is 1.86. The first kappa shape index (κ1) is 7.48. The Kier molecular flexibility index (Phi) is 2.89. The Hall–Kier alpha value is -1.52. The fourth-order valence-electron chi connectivity index (χ4n) is 0.195. The molecule has 5 nitrogen and oxygen atoms in total. The molecule has 0 heterocycles. The molecule has 0 aliphatic carbocycles. The third-order valence-electron chi connectivity index (χ3n) is 0.454. The summed E-state index contributed by atoms with van der Waals surface area (Å²) in [6.07, 6.45) is 0.631. The second kappa shape index (κ2) is 3.48. The van der Waals surface area contributed by atoms with Crippen LogP contribution in [0.4, 0.5) is 4.79 Å². The quantitative estimate of drug-likeness (QED) is 0.429. The van der Waals surface area contributed by atoms with E-state index >= 15 is 0 Å². The number of carbonyl (C=O) groups is 2. The van der Waals surface area contributed by atoms with Gasteiger partial charge in [0.25, 0.3) is 0 Å². The molecular formula is C4H6N2O3. The van der Waals surface area contributed by atoms with Crippen LogP contribution in [-0.2, 0) is 4.79 Å². The van der Waals surface area contributed by atoms with Crippen LogP contribution in [0.15, 0.2) is 12.3 Å². The summed E-state index contributed by atoms with van der Waals surface area (Å²) in [5.41, 5.74) is 4.62. The maximum Gasteiger partial charge on any atom is 0.408 e. The summed E-state index contributed by atoms with van der Waals surface area (Å²) < 4.78 is 0. The van der Waals surface area contributed by atoms with Crippen LogP contribution in [0.1, 0.15) is 0 Å². The molecule has 0 aromatic carbocycles. The van der Waals surface area contributed by atoms with Crippen molar-refractivity contribution >= 4 is 12.0 Å². The first-order chi connectivity index (χ1) is 4.13. The maximum atomic E-state index is 9.88. The minimum absolute atomic E-state index is 0.691. The summed E-state index contributed by atoms with van der Waals surface area (Å²) in [5, 5.41) is 9.72. The number of hydrogen-bond donors (Lipinski definition) is 3. The van der Waals surface area contributed by atoms with Crippen molar-refractivity contribution in [3.8, 4) is 0 Å². The Labute approximate surface area is 51.2 Å². The van der Waals surface area contributed by atoms with E-state index in [9.17, 15) is 9.59 Å². The fourth-order valence-corrected chi connectivity index (χ4v) is 0.195. The second-order valence-electron chi connectivity index (χ2n) is 1.19. The van der Waals surface area contributed by atoms with E-state index in [-0.39, 0.29) is 0 Å². The maximum absolute atomic E-state index is 9.88. The smallest absolute Gasteiger partial charge is 0.408 e. The van der Waals surface area contributed by atoms with Crippen LogP contribution in [0.3, 0.4) is 0 Å². The third-order valence-corrected chi connectivity index (χ3v) is 0.454. The molecule has 9 heavy (non-hydrogen) atoms. The number of nitrogens with two attached hydrogens (primary N) is 1. The van der Waals surface area contributed by atoms with E-state index in [4.69, 9.17) is 5.11 Å². The first-order valence-electron chi connectivity index (χ1n) is 2.08. The molecule has 0 spiro atoms. The fraction of sp³-hybridized carbons (Fsp3) is 0. The van der Waals surface area contributed by atoms with E-state index in [0.29, 0.717) is 0 Å². The van der Waals surface area contributed by atoms with Crippen molar-refractivity contribution in [2.24, 2.45) is 5.73 Å². The molecule has 0 aromatic rings. The van der Waals surface area contributed by atoms with Gasteiger partial charge in [0.1, 0.15) is 0 Å². The molecule has 0 aliphatic rings. The van der Waals surface area contributed by atoms with Gasteiger partial charge in [-0.15, -0.1) is 0 Å². The van der Waals surface area contributed by atoms with Gasteiger partial charge < -0.3 is 10.8 Å². The Balaban J connectivity index is 3.48. The largest absolute Gasteiger partial charge is 0.465 e. The molecule has 0 aliphatic heterocycles. The zero-order chi connectivity index (χ0) is 7.28. The van der Waals surface area contributed by atoms with Gasteiger partial charge in [-0.3, -0.25) is 10.1 Å². The van der Waals surface area contributed by atoms with E-state index in [1.54, 1.807) is 0 Å². The predicted molar refractivity (Wildman–Crippen MR) is 29.5 cm³/mol. The van der Waals surface area contributed by atoms with Crippen molar-refractivity contribution in [1.29, 1.82) is 0 Å². The highest BCUT2D eigenvalue weighted by molar-refractivity contribution is 5.86. The van der Waals surface area contributed by atoms with Gasteiger partial charge in [-0.1, -0.05) is 0 Å². The Bertz CT molecular complexity index is 152. The van der Waals surface area contributed by atoms with E-state index < -0.39 is 12.0 Å². The zero-order valence-electron chi connectivity index (χ0n) is 4.50. The lowest BCUT2D eigenvalue weighted by Gasteiger charge is -1.85. The molecule has 0 radical (unpaired) electrons. The summed E-state index contributed by atoms with van der Waals surface area (Å²) in [7, 11) is 0. The predicted octanol–water partition coefficient (Wildman–Crippen LogP) is -0.747. The number of nitrogens with one attached hydrogen (secondary N) is 1. The average Bonchev–Trinajstić information content (AvgIpc) is 1.63. The van der Waals surface area contributed by atoms with Gasteiger partial charge in [0, 0.05) is 12.3 Å². The van der Waals surface area contributed by atoms with Gasteiger partial charge >= 0.3 is 6.09 Å². The van der Waals surface area contributed by atoms with Crippen molar-refractivity contribution < 1.29 is 14.7 Å². The number of hydrogen-bond acceptors (Lipinski definition) is 2. The molecule has 0 bridgehead atoms. The number of rotatable bonds is 2. The van der Waals surface area contributed by atoms with Crippen molar-refractivity contribution in [2.45, 2.75) is 0 Å². The van der Waals surface area contributed by atoms with Crippen LogP contribution in [-0.4, -0.2) is 17.1 Å². The molecule has 0 unspecified atom stereocenters. The average molecular weight is 130 g/mol. The number of carboxylic acid groups (broad SMARTS) is 1. The van der Waals surface area contributed by atoms with Crippen LogP contribution in [0, 0.1) is 0 Å². The lowest BCUT2D eigenvalue weighted by atomic mass is 10.6. The van der Waals surface area contributed by atoms with Crippen LogP contribution < -0.4 is 11.1 Å². The Morgan fingerprint density at radius 2 is 2.11 bits per heavy atom. The van der Waals surface area contributed by atoms with Gasteiger partial charge in [0.05, 0.1) is 0 Å². The van der Waals surface area contributed by atoms with Gasteiger partial charge in [-0.25, -0.2) is 4.79 Å². The molecule has 50 valence electrons. The van der Waals surface area contributed by atoms with Gasteiger partial charge in [0.15, 0.2) is 0 Å². The van der Waals surface area contributed by atoms with Crippen molar-refractivity contribution in [3.63, 3.8) is 0 Å². The van der Waals surface area contributed by atoms with E-state index in [1.165, 1.54) is 0 Å². The number of carbonyl (C=O) groups excluding carboxylic acids is 1. The van der Waals surface area contributed by atoms with Crippen molar-refractivity contribution in [2.75, 3.05) is 0 Å². The number of amides is 2. The van der Waals surface area contributed by atoms with Gasteiger partial charge in [-0.05, 0) is 0 Å². The summed E-state index contributed by atoms with van der Waals surface area (Å²) in [6.45, 7) is 0. The zero-order valence-corrected chi connectivity index (χ0v) is 4.50. The molecule has 0 fully saturated rings. The lowest BCUT2D eigenvalue weighted by molar-refractivity contribution is -0.113. The molecule has 0 saturated carbocycles. The Morgan fingerprint density at radius 3 is 2.44 bits per heavy atom. The van der Waals surface area contributed by atoms with Crippen LogP contribution >= 0.6 is 0 Å². The second-order valence-corrected chi connectivity index (χ2v) is 1.19. The Morgan fingerprint density at radius 1 is 1.56 bits per heavy atom. The standard InChI is InChI=1S/C4H6N2O3/c5-3(7)1-2-6-4(8)9/h1-2,6H,(H2,5,7)(H,8,9)/b2-1-. The molecule has 0 rings (SSSR count). The molecule has 0 atom stereocenters. The van der Waals surface area contributed by atoms with Gasteiger partial charge in [-0.2, -0.15) is 0 Å². The van der Waals surface area contributed by atoms with E-state index in [2.05, 4.69) is 5.73 Å². The monoisotopic (exact) mass is 130 g/mol. The highest BCUT2D eigenvalue weighted by Crippen LogP contribution is 1.64. The minimum atomic E-state index is -1.23. The third kappa shape index (κ3) is 6.48. The highest BCUT2D eigenvalue weighted by atomic mass is 16.4. The summed E-state index contributed by atoms with van der Waals surface area (Å²) in [6, 6.07) is 0. The first-order valence-corrected chi connectivity index (χ1v) is 2.08. The topological polar surface area (TPSA) is 92.4 Å². The summed E-state index contributed by atoms with van der Waals surface area (Å²) >= 11 is 0. The van der Waals surface area contributed by atoms with Crippen LogP contribution in [0.5, 0.6) is 0 Å². The van der Waals surface area contributed by atoms with Crippen LogP contribution in [0.25, 0.3) is 0 Å². The van der Waals surface area contributed by atoms with Crippen molar-refractivity contribution in [3.05, 3.63) is 12.3 Å². The van der Waals surface area contributed by atoms with Crippen LogP contribution in [0.2, 0.25) is 0 Å². The summed E-state index contributed by atoms with van der Waals surface area (Å²) in [5.74, 6) is -0.691. The molecule has 4 N–H and O–H groups in total. The summed E-state index contributed by atoms with van der Waals surface area (Å²) in [4.78, 5) is 19.5. The van der Waals surface area contributed by atoms with Gasteiger partial charge in [0.2, 0.25) is 5.91 Å². The molecule has 5 heteroatoms. The number of primary amides is 1. The van der Waals surface area contributed by atoms with E-state index in [0.717, 1.165) is 12.3 Å². The molecule has 2 amide bonds. The SMILES string of the molecule is NC(=O)/C=C\NC(=O)O. The molecule has 0 aromatic heterocycles. The van der Waals surface area contributed by atoms with Crippen molar-refractivity contribution in [1.82, 2.24) is 5.32 Å². The molecular weight excluding hydrogens is 124 g/mol. The van der Waals surface area contributed by atoms with E-state index in [1.807, 2.05) is 5.32 Å².